The third kappa shape index (κ3) is 5.05. The number of aromatic nitrogens is 2. The maximum absolute atomic E-state index is 12.8. The number of nitrogens with zero attached hydrogens (tertiary/aromatic N) is 1. The van der Waals surface area contributed by atoms with Crippen LogP contribution in [0.2, 0.25) is 5.02 Å². The van der Waals surface area contributed by atoms with Gasteiger partial charge < -0.3 is 19.8 Å². The van der Waals surface area contributed by atoms with Gasteiger partial charge in [0.25, 0.3) is 5.91 Å². The molecule has 34 heavy (non-hydrogen) atoms. The Hall–Kier alpha value is -3.84. The van der Waals surface area contributed by atoms with Crippen LogP contribution < -0.4 is 10.1 Å². The number of ether oxygens (including phenoxy) is 2. The first-order valence-electron chi connectivity index (χ1n) is 10.8. The summed E-state index contributed by atoms with van der Waals surface area (Å²) in [7, 11) is 1.49. The van der Waals surface area contributed by atoms with E-state index < -0.39 is 18.0 Å². The van der Waals surface area contributed by atoms with Gasteiger partial charge in [-0.3, -0.25) is 4.79 Å². The first-order valence-corrected chi connectivity index (χ1v) is 11.2. The molecule has 0 saturated carbocycles. The summed E-state index contributed by atoms with van der Waals surface area (Å²) in [5.74, 6) is 0.0870. The normalized spacial score (nSPS) is 11.8. The van der Waals surface area contributed by atoms with Crippen LogP contribution in [0.1, 0.15) is 29.3 Å². The van der Waals surface area contributed by atoms with E-state index in [1.807, 2.05) is 31.2 Å². The standard InChI is InChI=1S/C26H24ClN3O4/c1-4-22(25(31)30-21-14-18(27)10-12-23(21)33-3)34-26(32)17-9-11-19-20(13-17)29-24(28-19)16-7-5-15(2)6-8-16/h5-14,22H,4H2,1-3H3,(H,28,29)(H,30,31). The Morgan fingerprint density at radius 3 is 2.56 bits per heavy atom. The number of H-pyrrole nitrogens is 1. The number of hydrogen-bond acceptors (Lipinski definition) is 5. The summed E-state index contributed by atoms with van der Waals surface area (Å²) in [4.78, 5) is 33.4. The molecule has 0 aliphatic rings. The third-order valence-corrected chi connectivity index (χ3v) is 5.61. The molecule has 0 saturated heterocycles. The van der Waals surface area contributed by atoms with Crippen molar-refractivity contribution in [1.82, 2.24) is 9.97 Å². The van der Waals surface area contributed by atoms with Gasteiger partial charge in [0.05, 0.1) is 29.4 Å². The van der Waals surface area contributed by atoms with Crippen LogP contribution in [0.3, 0.4) is 0 Å². The lowest BCUT2D eigenvalue weighted by Crippen LogP contribution is -2.32. The second-order valence-corrected chi connectivity index (χ2v) is 8.26. The Morgan fingerprint density at radius 2 is 1.85 bits per heavy atom. The lowest BCUT2D eigenvalue weighted by Gasteiger charge is -2.17. The van der Waals surface area contributed by atoms with Crippen molar-refractivity contribution in [3.8, 4) is 17.1 Å². The molecule has 1 aromatic heterocycles. The quantitative estimate of drug-likeness (QED) is 0.329. The van der Waals surface area contributed by atoms with Crippen molar-refractivity contribution in [3.63, 3.8) is 0 Å². The first-order chi connectivity index (χ1) is 16.4. The summed E-state index contributed by atoms with van der Waals surface area (Å²) in [6.45, 7) is 3.79. The molecule has 0 bridgehead atoms. The van der Waals surface area contributed by atoms with E-state index in [1.165, 1.54) is 7.11 Å². The van der Waals surface area contributed by atoms with E-state index in [4.69, 9.17) is 21.1 Å². The lowest BCUT2D eigenvalue weighted by molar-refractivity contribution is -0.124. The number of carbonyl (C=O) groups excluding carboxylic acids is 2. The zero-order valence-corrected chi connectivity index (χ0v) is 19.8. The largest absolute Gasteiger partial charge is 0.495 e. The summed E-state index contributed by atoms with van der Waals surface area (Å²) in [5, 5.41) is 3.17. The Kier molecular flexibility index (Phi) is 6.84. The van der Waals surface area contributed by atoms with E-state index in [0.29, 0.717) is 39.8 Å². The molecule has 7 nitrogen and oxygen atoms in total. The van der Waals surface area contributed by atoms with Crippen molar-refractivity contribution in [3.05, 3.63) is 76.8 Å². The number of imidazole rings is 1. The molecular weight excluding hydrogens is 454 g/mol. The molecule has 0 aliphatic heterocycles. The number of nitrogens with one attached hydrogen (secondary N) is 2. The number of rotatable bonds is 7. The van der Waals surface area contributed by atoms with E-state index in [2.05, 4.69) is 15.3 Å². The minimum absolute atomic E-state index is 0.296. The van der Waals surface area contributed by atoms with Gasteiger partial charge in [-0.25, -0.2) is 9.78 Å². The number of benzene rings is 3. The molecule has 0 spiro atoms. The average Bonchev–Trinajstić information content (AvgIpc) is 3.26. The van der Waals surface area contributed by atoms with Crippen molar-refractivity contribution in [2.24, 2.45) is 0 Å². The van der Waals surface area contributed by atoms with Crippen LogP contribution in [0, 0.1) is 6.92 Å². The van der Waals surface area contributed by atoms with E-state index >= 15 is 0 Å². The van der Waals surface area contributed by atoms with Gasteiger partial charge in [-0.05, 0) is 49.7 Å². The van der Waals surface area contributed by atoms with E-state index in [1.54, 1.807) is 43.3 Å². The molecule has 2 N–H and O–H groups in total. The van der Waals surface area contributed by atoms with Crippen molar-refractivity contribution in [2.75, 3.05) is 12.4 Å². The molecule has 0 fully saturated rings. The van der Waals surface area contributed by atoms with Gasteiger partial charge in [-0.15, -0.1) is 0 Å². The predicted molar refractivity (Wildman–Crippen MR) is 132 cm³/mol. The molecular formula is C26H24ClN3O4. The van der Waals surface area contributed by atoms with E-state index in [0.717, 1.165) is 16.6 Å². The molecule has 1 unspecified atom stereocenters. The molecule has 4 rings (SSSR count). The van der Waals surface area contributed by atoms with Crippen molar-refractivity contribution in [2.45, 2.75) is 26.4 Å². The fourth-order valence-electron chi connectivity index (χ4n) is 3.50. The average molecular weight is 478 g/mol. The van der Waals surface area contributed by atoms with Gasteiger partial charge in [0.1, 0.15) is 11.6 Å². The van der Waals surface area contributed by atoms with Gasteiger partial charge in [0, 0.05) is 10.6 Å². The number of methoxy groups -OCH3 is 1. The highest BCUT2D eigenvalue weighted by Crippen LogP contribution is 2.28. The Balaban J connectivity index is 1.50. The van der Waals surface area contributed by atoms with E-state index in [9.17, 15) is 9.59 Å². The molecule has 4 aromatic rings. The highest BCUT2D eigenvalue weighted by atomic mass is 35.5. The number of anilines is 1. The molecule has 1 heterocycles. The van der Waals surface area contributed by atoms with Crippen LogP contribution in [-0.2, 0) is 9.53 Å². The zero-order chi connectivity index (χ0) is 24.2. The fraction of sp³-hybridized carbons (Fsp3) is 0.192. The lowest BCUT2D eigenvalue weighted by atomic mass is 10.1. The van der Waals surface area contributed by atoms with Crippen LogP contribution >= 0.6 is 11.6 Å². The molecule has 1 amide bonds. The number of halogens is 1. The van der Waals surface area contributed by atoms with Crippen molar-refractivity contribution < 1.29 is 19.1 Å². The molecule has 1 atom stereocenters. The van der Waals surface area contributed by atoms with Gasteiger partial charge in [0.2, 0.25) is 0 Å². The van der Waals surface area contributed by atoms with E-state index in [-0.39, 0.29) is 0 Å². The third-order valence-electron chi connectivity index (χ3n) is 5.37. The number of fused-ring (bicyclic) bond motifs is 1. The molecule has 0 radical (unpaired) electrons. The monoisotopic (exact) mass is 477 g/mol. The minimum Gasteiger partial charge on any atom is -0.495 e. The van der Waals surface area contributed by atoms with Gasteiger partial charge in [-0.2, -0.15) is 0 Å². The van der Waals surface area contributed by atoms with Crippen LogP contribution in [-0.4, -0.2) is 35.1 Å². The molecule has 8 heteroatoms. The summed E-state index contributed by atoms with van der Waals surface area (Å²) in [6, 6.07) is 17.9. The highest BCUT2D eigenvalue weighted by Gasteiger charge is 2.23. The number of aromatic amines is 1. The predicted octanol–water partition coefficient (Wildman–Crippen LogP) is 5.77. The molecule has 3 aromatic carbocycles. The van der Waals surface area contributed by atoms with Crippen LogP contribution in [0.5, 0.6) is 5.75 Å². The maximum atomic E-state index is 12.8. The summed E-state index contributed by atoms with van der Waals surface area (Å²) in [6.07, 6.45) is -0.693. The maximum Gasteiger partial charge on any atom is 0.338 e. The Morgan fingerprint density at radius 1 is 1.09 bits per heavy atom. The molecule has 174 valence electrons. The Bertz CT molecular complexity index is 1350. The first kappa shape index (κ1) is 23.3. The number of amides is 1. The SMILES string of the molecule is CCC(OC(=O)c1ccc2nc(-c3ccc(C)cc3)[nH]c2c1)C(=O)Nc1cc(Cl)ccc1OC. The number of hydrogen-bond donors (Lipinski definition) is 2. The highest BCUT2D eigenvalue weighted by molar-refractivity contribution is 6.31. The van der Waals surface area contributed by atoms with Crippen LogP contribution in [0.25, 0.3) is 22.4 Å². The summed E-state index contributed by atoms with van der Waals surface area (Å²) >= 11 is 6.03. The van der Waals surface area contributed by atoms with Crippen molar-refractivity contribution in [1.29, 1.82) is 0 Å². The van der Waals surface area contributed by atoms with Gasteiger partial charge in [0.15, 0.2) is 6.10 Å². The number of aryl methyl sites for hydroxylation is 1. The number of carbonyl (C=O) groups is 2. The van der Waals surface area contributed by atoms with Crippen molar-refractivity contribution >= 4 is 40.2 Å². The second kappa shape index (κ2) is 9.97. The van der Waals surface area contributed by atoms with Gasteiger partial charge in [-0.1, -0.05) is 48.4 Å². The fourth-order valence-corrected chi connectivity index (χ4v) is 3.67. The summed E-state index contributed by atoms with van der Waals surface area (Å²) < 4.78 is 10.8. The van der Waals surface area contributed by atoms with Gasteiger partial charge >= 0.3 is 5.97 Å². The smallest absolute Gasteiger partial charge is 0.338 e. The molecule has 0 aliphatic carbocycles. The Labute approximate surface area is 202 Å². The zero-order valence-electron chi connectivity index (χ0n) is 19.0. The second-order valence-electron chi connectivity index (χ2n) is 7.82. The topological polar surface area (TPSA) is 93.3 Å². The summed E-state index contributed by atoms with van der Waals surface area (Å²) in [5.41, 5.74) is 4.25. The minimum atomic E-state index is -0.989. The number of esters is 1. The van der Waals surface area contributed by atoms with Crippen LogP contribution in [0.4, 0.5) is 5.69 Å². The van der Waals surface area contributed by atoms with Crippen LogP contribution in [0.15, 0.2) is 60.7 Å².